The lowest BCUT2D eigenvalue weighted by atomic mass is 10.2. The zero-order chi connectivity index (χ0) is 21.7. The van der Waals surface area contributed by atoms with Crippen LogP contribution in [0.25, 0.3) is 6.08 Å². The number of ether oxygens (including phenoxy) is 1. The number of anilines is 1. The standard InChI is InChI=1S/C21H16BrClN2O4S/c1-2-9-29-17-6-4-3-5-13(17)10-18-20(27)25(21(28)30-18)12-19(26)24-14-7-8-15(22)16(23)11-14/h2-8,10-11H,1,9,12H2,(H,24,26)/b18-10-. The number of para-hydroxylation sites is 1. The number of thioether (sulfide) groups is 1. The Morgan fingerprint density at radius 3 is 2.77 bits per heavy atom. The van der Waals surface area contributed by atoms with Crippen LogP contribution in [0.1, 0.15) is 5.56 Å². The molecule has 2 aromatic rings. The van der Waals surface area contributed by atoms with E-state index in [0.717, 1.165) is 16.7 Å². The van der Waals surface area contributed by atoms with E-state index in [0.29, 0.717) is 33.1 Å². The second-order valence-corrected chi connectivity index (χ2v) is 8.34. The summed E-state index contributed by atoms with van der Waals surface area (Å²) < 4.78 is 6.26. The molecule has 0 atom stereocenters. The molecule has 0 bridgehead atoms. The third-order valence-corrected chi connectivity index (χ3v) is 6.08. The molecule has 30 heavy (non-hydrogen) atoms. The first-order valence-corrected chi connectivity index (χ1v) is 10.7. The number of halogens is 2. The van der Waals surface area contributed by atoms with E-state index in [1.54, 1.807) is 54.6 Å². The minimum absolute atomic E-state index is 0.217. The Morgan fingerprint density at radius 2 is 2.03 bits per heavy atom. The molecule has 1 fully saturated rings. The van der Waals surface area contributed by atoms with Crippen molar-refractivity contribution in [2.24, 2.45) is 0 Å². The molecule has 3 rings (SSSR count). The zero-order valence-corrected chi connectivity index (χ0v) is 18.7. The Kier molecular flexibility index (Phi) is 7.36. The summed E-state index contributed by atoms with van der Waals surface area (Å²) in [5.41, 5.74) is 1.11. The number of hydrogen-bond acceptors (Lipinski definition) is 5. The molecule has 154 valence electrons. The lowest BCUT2D eigenvalue weighted by Gasteiger charge is -2.13. The molecule has 1 aliphatic heterocycles. The van der Waals surface area contributed by atoms with Crippen LogP contribution in [0.5, 0.6) is 5.75 Å². The third-order valence-electron chi connectivity index (χ3n) is 3.94. The maximum absolute atomic E-state index is 12.7. The molecule has 2 aromatic carbocycles. The summed E-state index contributed by atoms with van der Waals surface area (Å²) >= 11 is 10.1. The zero-order valence-electron chi connectivity index (χ0n) is 15.6. The molecular weight excluding hydrogens is 492 g/mol. The highest BCUT2D eigenvalue weighted by Gasteiger charge is 2.36. The fourth-order valence-corrected chi connectivity index (χ4v) is 3.83. The highest BCUT2D eigenvalue weighted by atomic mass is 79.9. The molecule has 0 unspecified atom stereocenters. The molecule has 1 heterocycles. The smallest absolute Gasteiger partial charge is 0.294 e. The average molecular weight is 508 g/mol. The van der Waals surface area contributed by atoms with Crippen molar-refractivity contribution < 1.29 is 19.1 Å². The highest BCUT2D eigenvalue weighted by molar-refractivity contribution is 9.10. The van der Waals surface area contributed by atoms with Gasteiger partial charge in [0.1, 0.15) is 18.9 Å². The number of nitrogens with zero attached hydrogens (tertiary/aromatic N) is 1. The van der Waals surface area contributed by atoms with Crippen molar-refractivity contribution in [2.75, 3.05) is 18.5 Å². The Labute approximate surface area is 191 Å². The quantitative estimate of drug-likeness (QED) is 0.404. The molecule has 6 nitrogen and oxygen atoms in total. The number of rotatable bonds is 7. The van der Waals surface area contributed by atoms with Crippen LogP contribution in [0.4, 0.5) is 10.5 Å². The first-order valence-electron chi connectivity index (χ1n) is 8.72. The van der Waals surface area contributed by atoms with Crippen LogP contribution in [-0.4, -0.2) is 35.1 Å². The van der Waals surface area contributed by atoms with Crippen LogP contribution in [-0.2, 0) is 9.59 Å². The van der Waals surface area contributed by atoms with Gasteiger partial charge in [0.25, 0.3) is 11.1 Å². The topological polar surface area (TPSA) is 75.7 Å². The summed E-state index contributed by atoms with van der Waals surface area (Å²) in [5, 5.41) is 2.54. The van der Waals surface area contributed by atoms with Gasteiger partial charge in [0.2, 0.25) is 5.91 Å². The van der Waals surface area contributed by atoms with E-state index in [1.165, 1.54) is 0 Å². The Bertz CT molecular complexity index is 1060. The summed E-state index contributed by atoms with van der Waals surface area (Å²) in [6.07, 6.45) is 3.19. The van der Waals surface area contributed by atoms with Crippen LogP contribution < -0.4 is 10.1 Å². The molecule has 1 aliphatic rings. The normalized spacial score (nSPS) is 14.9. The Balaban J connectivity index is 1.71. The van der Waals surface area contributed by atoms with E-state index < -0.39 is 23.6 Å². The number of benzene rings is 2. The van der Waals surface area contributed by atoms with Crippen molar-refractivity contribution in [3.63, 3.8) is 0 Å². The lowest BCUT2D eigenvalue weighted by Crippen LogP contribution is -2.36. The van der Waals surface area contributed by atoms with Gasteiger partial charge in [-0.15, -0.1) is 0 Å². The summed E-state index contributed by atoms with van der Waals surface area (Å²) in [7, 11) is 0. The number of imide groups is 1. The van der Waals surface area contributed by atoms with Crippen molar-refractivity contribution in [1.29, 1.82) is 0 Å². The second-order valence-electron chi connectivity index (χ2n) is 6.08. The molecule has 0 spiro atoms. The van der Waals surface area contributed by atoms with Crippen molar-refractivity contribution in [3.05, 3.63) is 75.1 Å². The number of nitrogens with one attached hydrogen (secondary N) is 1. The first-order chi connectivity index (χ1) is 14.4. The average Bonchev–Trinajstić information content (AvgIpc) is 2.97. The van der Waals surface area contributed by atoms with Crippen LogP contribution in [0.3, 0.4) is 0 Å². The van der Waals surface area contributed by atoms with Gasteiger partial charge in [0.05, 0.1) is 9.93 Å². The SMILES string of the molecule is C=CCOc1ccccc1/C=C1\SC(=O)N(CC(=O)Nc2ccc(Br)c(Cl)c2)C1=O. The number of carbonyl (C=O) groups is 3. The molecular formula is C21H16BrClN2O4S. The van der Waals surface area contributed by atoms with Crippen LogP contribution in [0.2, 0.25) is 5.02 Å². The molecule has 1 N–H and O–H groups in total. The fraction of sp³-hybridized carbons (Fsp3) is 0.0952. The van der Waals surface area contributed by atoms with E-state index in [-0.39, 0.29) is 4.91 Å². The molecule has 3 amide bonds. The predicted octanol–water partition coefficient (Wildman–Crippen LogP) is 5.34. The largest absolute Gasteiger partial charge is 0.489 e. The maximum atomic E-state index is 12.7. The van der Waals surface area contributed by atoms with Gasteiger partial charge in [0, 0.05) is 15.7 Å². The van der Waals surface area contributed by atoms with Gasteiger partial charge in [-0.1, -0.05) is 42.5 Å². The van der Waals surface area contributed by atoms with E-state index in [2.05, 4.69) is 27.8 Å². The molecule has 0 saturated carbocycles. The van der Waals surface area contributed by atoms with Crippen LogP contribution >= 0.6 is 39.3 Å². The number of carbonyl (C=O) groups excluding carboxylic acids is 3. The summed E-state index contributed by atoms with van der Waals surface area (Å²) in [5.74, 6) is -0.478. The molecule has 9 heteroatoms. The fourth-order valence-electron chi connectivity index (χ4n) is 2.58. The second kappa shape index (κ2) is 9.97. The summed E-state index contributed by atoms with van der Waals surface area (Å²) in [4.78, 5) is 38.4. The van der Waals surface area contributed by atoms with Crippen molar-refractivity contribution in [1.82, 2.24) is 4.90 Å². The van der Waals surface area contributed by atoms with Crippen molar-refractivity contribution >= 4 is 68.1 Å². The van der Waals surface area contributed by atoms with E-state index in [9.17, 15) is 14.4 Å². The monoisotopic (exact) mass is 506 g/mol. The number of hydrogen-bond donors (Lipinski definition) is 1. The van der Waals surface area contributed by atoms with Gasteiger partial charge in [-0.3, -0.25) is 19.3 Å². The van der Waals surface area contributed by atoms with E-state index in [4.69, 9.17) is 16.3 Å². The molecule has 0 aliphatic carbocycles. The molecule has 1 saturated heterocycles. The minimum atomic E-state index is -0.535. The summed E-state index contributed by atoms with van der Waals surface area (Å²) in [6, 6.07) is 12.0. The first kappa shape index (κ1) is 22.1. The molecule has 0 radical (unpaired) electrons. The Hall–Kier alpha value is -2.55. The maximum Gasteiger partial charge on any atom is 0.294 e. The van der Waals surface area contributed by atoms with Crippen LogP contribution in [0.15, 0.2) is 64.5 Å². The van der Waals surface area contributed by atoms with Gasteiger partial charge in [-0.25, -0.2) is 0 Å². The predicted molar refractivity (Wildman–Crippen MR) is 123 cm³/mol. The van der Waals surface area contributed by atoms with Gasteiger partial charge >= 0.3 is 0 Å². The van der Waals surface area contributed by atoms with E-state index in [1.807, 2.05) is 0 Å². The highest BCUT2D eigenvalue weighted by Crippen LogP contribution is 2.34. The van der Waals surface area contributed by atoms with Gasteiger partial charge < -0.3 is 10.1 Å². The van der Waals surface area contributed by atoms with Crippen molar-refractivity contribution in [3.8, 4) is 5.75 Å². The number of amides is 3. The Morgan fingerprint density at radius 1 is 1.27 bits per heavy atom. The third kappa shape index (κ3) is 5.33. The lowest BCUT2D eigenvalue weighted by molar-refractivity contribution is -0.127. The van der Waals surface area contributed by atoms with Crippen LogP contribution in [0, 0.1) is 0 Å². The van der Waals surface area contributed by atoms with Gasteiger partial charge in [-0.2, -0.15) is 0 Å². The minimum Gasteiger partial charge on any atom is -0.489 e. The summed E-state index contributed by atoms with van der Waals surface area (Å²) in [6.45, 7) is 3.52. The van der Waals surface area contributed by atoms with Gasteiger partial charge in [-0.05, 0) is 58.0 Å². The van der Waals surface area contributed by atoms with Crippen molar-refractivity contribution in [2.45, 2.75) is 0 Å². The van der Waals surface area contributed by atoms with E-state index >= 15 is 0 Å². The van der Waals surface area contributed by atoms with Gasteiger partial charge in [0.15, 0.2) is 0 Å². The molecule has 0 aromatic heterocycles.